The Balaban J connectivity index is 3.78. The van der Waals surface area contributed by atoms with E-state index in [1.807, 2.05) is 0 Å². The van der Waals surface area contributed by atoms with Crippen LogP contribution in [-0.4, -0.2) is 194 Å². The van der Waals surface area contributed by atoms with Crippen LogP contribution in [0.1, 0.15) is 202 Å². The van der Waals surface area contributed by atoms with Crippen LogP contribution in [0.15, 0.2) is 0 Å². The monoisotopic (exact) mass is 1280 g/mol. The van der Waals surface area contributed by atoms with Gasteiger partial charge in [-0.1, -0.05) is 117 Å². The first kappa shape index (κ1) is 80.9. The zero-order valence-electron chi connectivity index (χ0n) is 53.1. The molecule has 0 unspecified atom stereocenters. The molecule has 0 saturated carbocycles. The van der Waals surface area contributed by atoms with Gasteiger partial charge in [-0.2, -0.15) is 0 Å². The van der Waals surface area contributed by atoms with Crippen LogP contribution in [0, 0.1) is 0 Å². The van der Waals surface area contributed by atoms with Gasteiger partial charge in [-0.3, -0.25) is 62.3 Å². The second kappa shape index (κ2) is 45.2. The van der Waals surface area contributed by atoms with E-state index in [1.54, 1.807) is 0 Å². The number of amides is 13. The highest BCUT2D eigenvalue weighted by atomic mass is 16.3. The SMILES string of the molecule is CCCCCCCCC[C@H](O)CC[C@H]1NC(=O)[C@@H]([C@H](C)O)NC(=O)[C@H]([C@H](C)O)NC(=O)[C@@H](C[C@@H](O)C(N)=O)NC(=O)[C@H](C)NC(=O)[C@H](CC(N)=O)NC(=O)[C@@H](CC(N)=O)NC(=O)[C@H](CCCCCCC[C@H](O)CCCCCC)NC(=O)CCNC(=O)CNC1=O. The minimum absolute atomic E-state index is 0.0169. The molecule has 13 amide bonds. The Bertz CT molecular complexity index is 2310. The van der Waals surface area contributed by atoms with Crippen LogP contribution >= 0.6 is 0 Å². The maximum Gasteiger partial charge on any atom is 0.246 e. The Hall–Kier alpha value is -7.09. The predicted octanol–water partition coefficient (Wildman–Crippen LogP) is -3.39. The Morgan fingerprint density at radius 1 is 0.433 bits per heavy atom. The van der Waals surface area contributed by atoms with Gasteiger partial charge in [0, 0.05) is 19.4 Å². The van der Waals surface area contributed by atoms with Gasteiger partial charge < -0.3 is 95.9 Å². The molecule has 31 nitrogen and oxygen atoms in total. The molecule has 0 aromatic heterocycles. The third kappa shape index (κ3) is 34.8. The normalized spacial score (nSPS) is 23.8. The van der Waals surface area contributed by atoms with Crippen molar-refractivity contribution in [1.29, 1.82) is 0 Å². The smallest absolute Gasteiger partial charge is 0.246 e. The fraction of sp³-hybridized carbons (Fsp3) is 0.780. The van der Waals surface area contributed by atoms with Crippen molar-refractivity contribution in [3.05, 3.63) is 0 Å². The topological polar surface area (TPSA) is 521 Å². The van der Waals surface area contributed by atoms with Crippen LogP contribution in [0.25, 0.3) is 0 Å². The zero-order valence-corrected chi connectivity index (χ0v) is 53.1. The molecule has 1 heterocycles. The molecule has 1 saturated heterocycles. The summed E-state index contributed by atoms with van der Waals surface area (Å²) >= 11 is 0. The summed E-state index contributed by atoms with van der Waals surface area (Å²) in [5, 5.41) is 76.5. The van der Waals surface area contributed by atoms with Crippen LogP contribution in [-0.2, 0) is 62.3 Å². The zero-order chi connectivity index (χ0) is 67.9. The van der Waals surface area contributed by atoms with Crippen molar-refractivity contribution in [3.63, 3.8) is 0 Å². The first-order valence-electron chi connectivity index (χ1n) is 31.7. The Kier molecular flexibility index (Phi) is 40.6. The van der Waals surface area contributed by atoms with Crippen molar-refractivity contribution in [2.24, 2.45) is 17.2 Å². The number of primary amides is 3. The number of aliphatic hydroxyl groups is 5. The van der Waals surface area contributed by atoms with E-state index in [9.17, 15) is 87.9 Å². The van der Waals surface area contributed by atoms with Gasteiger partial charge in [0.1, 0.15) is 54.4 Å². The van der Waals surface area contributed by atoms with Gasteiger partial charge in [-0.15, -0.1) is 0 Å². The lowest BCUT2D eigenvalue weighted by Gasteiger charge is -2.29. The Morgan fingerprint density at radius 3 is 1.33 bits per heavy atom. The lowest BCUT2D eigenvalue weighted by molar-refractivity contribution is -0.139. The molecule has 31 heteroatoms. The number of hydrogen-bond acceptors (Lipinski definition) is 18. The molecule has 90 heavy (non-hydrogen) atoms. The summed E-state index contributed by atoms with van der Waals surface area (Å²) < 4.78 is 0. The van der Waals surface area contributed by atoms with Gasteiger partial charge in [0.05, 0.1) is 43.8 Å². The van der Waals surface area contributed by atoms with Gasteiger partial charge in [-0.25, -0.2) is 0 Å². The van der Waals surface area contributed by atoms with Crippen LogP contribution in [0.3, 0.4) is 0 Å². The van der Waals surface area contributed by atoms with E-state index in [0.29, 0.717) is 44.9 Å². The summed E-state index contributed by atoms with van der Waals surface area (Å²) in [5.41, 5.74) is 16.1. The third-order valence-electron chi connectivity index (χ3n) is 15.1. The number of nitrogens with one attached hydrogen (secondary N) is 10. The number of carbonyl (C=O) groups is 13. The molecular weight excluding hydrogens is 1180 g/mol. The largest absolute Gasteiger partial charge is 0.393 e. The highest BCUT2D eigenvalue weighted by Gasteiger charge is 2.38. The first-order chi connectivity index (χ1) is 42.5. The van der Waals surface area contributed by atoms with Gasteiger partial charge in [0.2, 0.25) is 76.8 Å². The maximum absolute atomic E-state index is 14.1. The average molecular weight is 1280 g/mol. The summed E-state index contributed by atoms with van der Waals surface area (Å²) in [6, 6.07) is -14.4. The second-order valence-electron chi connectivity index (χ2n) is 23.4. The Labute approximate surface area is 526 Å². The number of aliphatic hydroxyl groups excluding tert-OH is 5. The molecule has 0 spiro atoms. The lowest BCUT2D eigenvalue weighted by atomic mass is 10.0. The van der Waals surface area contributed by atoms with Crippen molar-refractivity contribution < 1.29 is 87.9 Å². The number of nitrogens with two attached hydrogens (primary N) is 3. The molecule has 0 aliphatic carbocycles. The van der Waals surface area contributed by atoms with E-state index in [-0.39, 0.29) is 25.8 Å². The summed E-state index contributed by atoms with van der Waals surface area (Å²) in [6.07, 6.45) is 5.08. The second-order valence-corrected chi connectivity index (χ2v) is 23.4. The van der Waals surface area contributed by atoms with Gasteiger partial charge in [0.15, 0.2) is 0 Å². The molecule has 1 aliphatic rings. The molecule has 514 valence electrons. The number of carbonyl (C=O) groups excluding carboxylic acids is 13. The molecule has 0 aromatic carbocycles. The van der Waals surface area contributed by atoms with Crippen LogP contribution < -0.4 is 70.4 Å². The fourth-order valence-corrected chi connectivity index (χ4v) is 9.70. The van der Waals surface area contributed by atoms with Gasteiger partial charge >= 0.3 is 0 Å². The van der Waals surface area contributed by atoms with Crippen molar-refractivity contribution >= 4 is 76.8 Å². The lowest BCUT2D eigenvalue weighted by Crippen LogP contribution is -2.63. The fourth-order valence-electron chi connectivity index (χ4n) is 9.70. The average Bonchev–Trinajstić information content (AvgIpc) is 2.80. The molecule has 0 radical (unpaired) electrons. The van der Waals surface area contributed by atoms with Crippen molar-refractivity contribution in [3.8, 4) is 0 Å². The van der Waals surface area contributed by atoms with Crippen LogP contribution in [0.2, 0.25) is 0 Å². The van der Waals surface area contributed by atoms with Crippen molar-refractivity contribution in [2.45, 2.75) is 280 Å². The summed E-state index contributed by atoms with van der Waals surface area (Å²) in [5.74, 6) is -14.9. The van der Waals surface area contributed by atoms with Crippen molar-refractivity contribution in [2.75, 3.05) is 13.1 Å². The minimum atomic E-state index is -2.15. The van der Waals surface area contributed by atoms with E-state index in [4.69, 9.17) is 17.2 Å². The number of unbranched alkanes of at least 4 members (excludes halogenated alkanes) is 13. The summed E-state index contributed by atoms with van der Waals surface area (Å²) in [4.78, 5) is 174. The molecular formula is C59H105N13O18. The van der Waals surface area contributed by atoms with Crippen LogP contribution in [0.4, 0.5) is 0 Å². The van der Waals surface area contributed by atoms with Crippen molar-refractivity contribution in [1.82, 2.24) is 53.2 Å². The molecule has 21 N–H and O–H groups in total. The molecule has 0 aromatic rings. The minimum Gasteiger partial charge on any atom is -0.393 e. The van der Waals surface area contributed by atoms with E-state index < -0.39 is 188 Å². The highest BCUT2D eigenvalue weighted by Crippen LogP contribution is 2.17. The Morgan fingerprint density at radius 2 is 0.833 bits per heavy atom. The summed E-state index contributed by atoms with van der Waals surface area (Å²) in [6.45, 7) is 6.31. The maximum atomic E-state index is 14.1. The third-order valence-corrected chi connectivity index (χ3v) is 15.1. The predicted molar refractivity (Wildman–Crippen MR) is 327 cm³/mol. The quantitative estimate of drug-likeness (QED) is 0.0285. The summed E-state index contributed by atoms with van der Waals surface area (Å²) in [7, 11) is 0. The van der Waals surface area contributed by atoms with E-state index in [0.717, 1.165) is 97.8 Å². The molecule has 1 rings (SSSR count). The molecule has 1 fully saturated rings. The number of hydrogen-bond donors (Lipinski definition) is 18. The highest BCUT2D eigenvalue weighted by molar-refractivity contribution is 6.00. The molecule has 1 aliphatic heterocycles. The molecule has 0 bridgehead atoms. The number of rotatable bonds is 33. The van der Waals surface area contributed by atoms with E-state index in [2.05, 4.69) is 67.0 Å². The standard InChI is InChI=1S/C59H105N13O18/c1-6-8-10-12-13-15-20-24-38(76)26-27-40-53(84)64-33-48(81)63-29-28-47(80)66-39(25-21-17-14-16-19-23-37(75)22-18-11-9-7-2)54(85)69-43(32-46(61)79)56(87)70-42(31-45(60)78)55(86)65-34(3)52(83)68-41(30-44(77)51(62)82)57(88)71-50(36(5)74)59(90)72-49(35(4)73)58(89)67-40/h34-44,49-50,73-77H,6-33H2,1-5H3,(H2,60,78)(H2,61,79)(H2,62,82)(H,63,81)(H,64,84)(H,65,86)(H,66,80)(H,67,89)(H,68,83)(H,69,85)(H,70,87)(H,71,88)(H,72,90)/t34-,35-,36-,37+,38-,39-,40+,41+,42-,43+,44+,49+,50-/m0/s1. The van der Waals surface area contributed by atoms with E-state index >= 15 is 0 Å². The van der Waals surface area contributed by atoms with Crippen LogP contribution in [0.5, 0.6) is 0 Å². The first-order valence-corrected chi connectivity index (χ1v) is 31.7. The van der Waals surface area contributed by atoms with E-state index in [1.165, 1.54) is 0 Å². The molecule has 13 atom stereocenters. The van der Waals surface area contributed by atoms with Gasteiger partial charge in [0.25, 0.3) is 0 Å². The van der Waals surface area contributed by atoms with Gasteiger partial charge in [-0.05, 0) is 59.3 Å².